The first-order valence-electron chi connectivity index (χ1n) is 7.16. The Morgan fingerprint density at radius 1 is 1.26 bits per heavy atom. The van der Waals surface area contributed by atoms with Crippen LogP contribution in [-0.4, -0.2) is 33.9 Å². The molecular weight excluding hydrogens is 298 g/mol. The van der Waals surface area contributed by atoms with Gasteiger partial charge in [-0.15, -0.1) is 5.10 Å². The van der Waals surface area contributed by atoms with Gasteiger partial charge in [-0.1, -0.05) is 18.2 Å². The summed E-state index contributed by atoms with van der Waals surface area (Å²) in [6.45, 7) is 3.64. The Balaban J connectivity index is 2.00. The standard InChI is InChI=1S/C15H19N5O3/c1-4-14(21)17-13-8-20(19-18-13)9-15(22)16-11-7-10(2)5-6-12(11)23-3/h5-8H,4,9H2,1-3H3,(H,16,22)(H,17,21). The van der Waals surface area contributed by atoms with E-state index in [9.17, 15) is 9.59 Å². The summed E-state index contributed by atoms with van der Waals surface area (Å²) in [5, 5.41) is 12.9. The quantitative estimate of drug-likeness (QED) is 0.843. The van der Waals surface area contributed by atoms with Crippen LogP contribution >= 0.6 is 0 Å². The SMILES string of the molecule is CCC(=O)Nc1cn(CC(=O)Nc2cc(C)ccc2OC)nn1. The van der Waals surface area contributed by atoms with Gasteiger partial charge in [-0.2, -0.15) is 0 Å². The number of methoxy groups -OCH3 is 1. The molecule has 23 heavy (non-hydrogen) atoms. The van der Waals surface area contributed by atoms with Gasteiger partial charge in [-0.3, -0.25) is 9.59 Å². The molecule has 8 heteroatoms. The van der Waals surface area contributed by atoms with E-state index in [2.05, 4.69) is 20.9 Å². The molecule has 0 aliphatic rings. The third-order valence-corrected chi connectivity index (χ3v) is 3.06. The van der Waals surface area contributed by atoms with Crippen molar-refractivity contribution >= 4 is 23.3 Å². The molecular formula is C15H19N5O3. The van der Waals surface area contributed by atoms with Crippen molar-refractivity contribution in [3.63, 3.8) is 0 Å². The number of nitrogens with zero attached hydrogens (tertiary/aromatic N) is 3. The molecule has 0 saturated carbocycles. The second-order valence-corrected chi connectivity index (χ2v) is 4.96. The maximum absolute atomic E-state index is 12.1. The number of carbonyl (C=O) groups is 2. The summed E-state index contributed by atoms with van der Waals surface area (Å²) in [6.07, 6.45) is 1.85. The molecule has 0 atom stereocenters. The molecule has 2 N–H and O–H groups in total. The number of hydrogen-bond acceptors (Lipinski definition) is 5. The fourth-order valence-electron chi connectivity index (χ4n) is 1.92. The van der Waals surface area contributed by atoms with E-state index in [1.165, 1.54) is 10.9 Å². The average Bonchev–Trinajstić information content (AvgIpc) is 2.94. The molecule has 2 rings (SSSR count). The number of aryl methyl sites for hydroxylation is 1. The summed E-state index contributed by atoms with van der Waals surface area (Å²) in [7, 11) is 1.54. The van der Waals surface area contributed by atoms with E-state index in [4.69, 9.17) is 4.74 Å². The Hall–Kier alpha value is -2.90. The molecule has 0 fully saturated rings. The predicted octanol–water partition coefficient (Wildman–Crippen LogP) is 1.58. The number of benzene rings is 1. The van der Waals surface area contributed by atoms with E-state index in [1.54, 1.807) is 20.1 Å². The molecule has 0 spiro atoms. The van der Waals surface area contributed by atoms with Gasteiger partial charge in [-0.25, -0.2) is 4.68 Å². The molecule has 0 saturated heterocycles. The number of carbonyl (C=O) groups excluding carboxylic acids is 2. The van der Waals surface area contributed by atoms with Crippen LogP contribution < -0.4 is 15.4 Å². The number of rotatable bonds is 6. The van der Waals surface area contributed by atoms with Crippen molar-refractivity contribution in [2.75, 3.05) is 17.7 Å². The van der Waals surface area contributed by atoms with Gasteiger partial charge in [0.25, 0.3) is 0 Å². The zero-order valence-corrected chi connectivity index (χ0v) is 13.3. The van der Waals surface area contributed by atoms with Crippen LogP contribution in [-0.2, 0) is 16.1 Å². The Kier molecular flexibility index (Phi) is 5.29. The molecule has 1 aromatic carbocycles. The van der Waals surface area contributed by atoms with Crippen LogP contribution in [0.4, 0.5) is 11.5 Å². The van der Waals surface area contributed by atoms with Crippen LogP contribution in [0.5, 0.6) is 5.75 Å². The Morgan fingerprint density at radius 2 is 2.04 bits per heavy atom. The third kappa shape index (κ3) is 4.53. The summed E-state index contributed by atoms with van der Waals surface area (Å²) in [6, 6.07) is 5.51. The number of amides is 2. The van der Waals surface area contributed by atoms with Crippen molar-refractivity contribution in [2.24, 2.45) is 0 Å². The fourth-order valence-corrected chi connectivity index (χ4v) is 1.92. The molecule has 122 valence electrons. The van der Waals surface area contributed by atoms with Gasteiger partial charge in [0.2, 0.25) is 11.8 Å². The molecule has 1 heterocycles. The maximum atomic E-state index is 12.1. The van der Waals surface area contributed by atoms with Crippen LogP contribution in [0.2, 0.25) is 0 Å². The summed E-state index contributed by atoms with van der Waals surface area (Å²) in [5.41, 5.74) is 1.60. The summed E-state index contributed by atoms with van der Waals surface area (Å²) < 4.78 is 6.56. The molecule has 8 nitrogen and oxygen atoms in total. The number of anilines is 2. The van der Waals surface area contributed by atoms with Gasteiger partial charge >= 0.3 is 0 Å². The van der Waals surface area contributed by atoms with E-state index >= 15 is 0 Å². The highest BCUT2D eigenvalue weighted by Crippen LogP contribution is 2.25. The predicted molar refractivity (Wildman–Crippen MR) is 85.3 cm³/mol. The van der Waals surface area contributed by atoms with E-state index < -0.39 is 0 Å². The number of hydrogen-bond donors (Lipinski definition) is 2. The smallest absolute Gasteiger partial charge is 0.246 e. The van der Waals surface area contributed by atoms with E-state index in [-0.39, 0.29) is 18.4 Å². The lowest BCUT2D eigenvalue weighted by atomic mass is 10.2. The number of aromatic nitrogens is 3. The monoisotopic (exact) mass is 317 g/mol. The number of nitrogens with one attached hydrogen (secondary N) is 2. The normalized spacial score (nSPS) is 10.2. The first-order chi connectivity index (χ1) is 11.0. The van der Waals surface area contributed by atoms with Crippen LogP contribution in [0.15, 0.2) is 24.4 Å². The average molecular weight is 317 g/mol. The zero-order chi connectivity index (χ0) is 16.8. The van der Waals surface area contributed by atoms with Gasteiger partial charge in [0, 0.05) is 6.42 Å². The van der Waals surface area contributed by atoms with Crippen molar-refractivity contribution in [1.82, 2.24) is 15.0 Å². The molecule has 0 radical (unpaired) electrons. The second-order valence-electron chi connectivity index (χ2n) is 4.96. The first-order valence-corrected chi connectivity index (χ1v) is 7.16. The minimum Gasteiger partial charge on any atom is -0.495 e. The van der Waals surface area contributed by atoms with E-state index in [0.717, 1.165) is 5.56 Å². The third-order valence-electron chi connectivity index (χ3n) is 3.06. The van der Waals surface area contributed by atoms with Crippen molar-refractivity contribution in [2.45, 2.75) is 26.8 Å². The molecule has 0 unspecified atom stereocenters. The lowest BCUT2D eigenvalue weighted by Gasteiger charge is -2.10. The van der Waals surface area contributed by atoms with E-state index in [0.29, 0.717) is 23.7 Å². The van der Waals surface area contributed by atoms with Gasteiger partial charge in [0.1, 0.15) is 12.3 Å². The molecule has 1 aromatic heterocycles. The fraction of sp³-hybridized carbons (Fsp3) is 0.333. The summed E-state index contributed by atoms with van der Waals surface area (Å²) in [5.74, 6) is 0.467. The lowest BCUT2D eigenvalue weighted by Crippen LogP contribution is -2.19. The molecule has 0 aliphatic carbocycles. The van der Waals surface area contributed by atoms with Gasteiger partial charge in [-0.05, 0) is 24.6 Å². The van der Waals surface area contributed by atoms with Gasteiger partial charge in [0.05, 0.1) is 19.0 Å². The zero-order valence-electron chi connectivity index (χ0n) is 13.3. The Labute approximate surface area is 133 Å². The molecule has 0 aliphatic heterocycles. The van der Waals surface area contributed by atoms with Crippen molar-refractivity contribution in [3.8, 4) is 5.75 Å². The highest BCUT2D eigenvalue weighted by atomic mass is 16.5. The van der Waals surface area contributed by atoms with Gasteiger partial charge in [0.15, 0.2) is 5.82 Å². The van der Waals surface area contributed by atoms with E-state index in [1.807, 2.05) is 19.1 Å². The Bertz CT molecular complexity index is 711. The maximum Gasteiger partial charge on any atom is 0.246 e. The Morgan fingerprint density at radius 3 is 2.74 bits per heavy atom. The lowest BCUT2D eigenvalue weighted by molar-refractivity contribution is -0.117. The highest BCUT2D eigenvalue weighted by molar-refractivity contribution is 5.92. The molecule has 0 bridgehead atoms. The topological polar surface area (TPSA) is 98.1 Å². The summed E-state index contributed by atoms with van der Waals surface area (Å²) in [4.78, 5) is 23.4. The molecule has 2 aromatic rings. The second kappa shape index (κ2) is 7.39. The van der Waals surface area contributed by atoms with Crippen LogP contribution in [0, 0.1) is 6.92 Å². The van der Waals surface area contributed by atoms with Crippen LogP contribution in [0.3, 0.4) is 0 Å². The van der Waals surface area contributed by atoms with Crippen LogP contribution in [0.25, 0.3) is 0 Å². The van der Waals surface area contributed by atoms with Gasteiger partial charge < -0.3 is 15.4 Å². The van der Waals surface area contributed by atoms with Crippen LogP contribution in [0.1, 0.15) is 18.9 Å². The minimum absolute atomic E-state index is 0.0217. The van der Waals surface area contributed by atoms with Crippen molar-refractivity contribution in [3.05, 3.63) is 30.0 Å². The first kappa shape index (κ1) is 16.5. The van der Waals surface area contributed by atoms with Crippen molar-refractivity contribution < 1.29 is 14.3 Å². The minimum atomic E-state index is -0.271. The number of ether oxygens (including phenoxy) is 1. The summed E-state index contributed by atoms with van der Waals surface area (Å²) >= 11 is 0. The largest absolute Gasteiger partial charge is 0.495 e. The molecule has 2 amide bonds. The highest BCUT2D eigenvalue weighted by Gasteiger charge is 2.10. The van der Waals surface area contributed by atoms with Crippen molar-refractivity contribution in [1.29, 1.82) is 0 Å².